The maximum absolute atomic E-state index is 12.8. The molecular weight excluding hydrogens is 269 g/mol. The molecule has 1 rings (SSSR count). The molecule has 16 heavy (non-hydrogen) atoms. The average Bonchev–Trinajstić information content (AvgIpc) is 2.14. The van der Waals surface area contributed by atoms with Crippen LogP contribution >= 0.6 is 23.2 Å². The molecule has 1 aromatic rings. The first-order chi connectivity index (χ1) is 7.16. The molecule has 0 fully saturated rings. The van der Waals surface area contributed by atoms with Crippen molar-refractivity contribution in [3.8, 4) is 6.07 Å². The van der Waals surface area contributed by atoms with Gasteiger partial charge in [-0.25, -0.2) is 0 Å². The van der Waals surface area contributed by atoms with Gasteiger partial charge in [0, 0.05) is 5.56 Å². The maximum atomic E-state index is 12.8. The molecule has 0 saturated heterocycles. The molecule has 86 valence electrons. The van der Waals surface area contributed by atoms with Crippen LogP contribution in [0.3, 0.4) is 0 Å². The third kappa shape index (κ3) is 2.77. The Morgan fingerprint density at radius 3 is 2.00 bits per heavy atom. The predicted octanol–water partition coefficient (Wildman–Crippen LogP) is 4.13. The number of alkyl halides is 6. The Morgan fingerprint density at radius 2 is 1.62 bits per heavy atom. The van der Waals surface area contributed by atoms with Crippen molar-refractivity contribution < 1.29 is 17.6 Å². The lowest BCUT2D eigenvalue weighted by Gasteiger charge is -2.14. The van der Waals surface area contributed by atoms with E-state index in [0.29, 0.717) is 6.07 Å². The van der Waals surface area contributed by atoms with Crippen molar-refractivity contribution in [2.75, 3.05) is 0 Å². The fourth-order valence-electron chi connectivity index (χ4n) is 1.05. The van der Waals surface area contributed by atoms with Gasteiger partial charge in [0.1, 0.15) is 0 Å². The van der Waals surface area contributed by atoms with Gasteiger partial charge in [-0.05, 0) is 35.3 Å². The van der Waals surface area contributed by atoms with Gasteiger partial charge in [-0.15, -0.1) is 0 Å². The van der Waals surface area contributed by atoms with E-state index in [2.05, 4.69) is 11.6 Å². The molecule has 0 bridgehead atoms. The fraction of sp³-hybridized carbons (Fsp3) is 0.222. The van der Waals surface area contributed by atoms with E-state index < -0.39 is 27.5 Å². The summed E-state index contributed by atoms with van der Waals surface area (Å²) in [6.07, 6.45) is 0. The molecule has 0 atom stereocenters. The third-order valence-electron chi connectivity index (χ3n) is 1.77. The van der Waals surface area contributed by atoms with Crippen LogP contribution in [0.5, 0.6) is 0 Å². The van der Waals surface area contributed by atoms with Crippen LogP contribution in [0.2, 0.25) is 0 Å². The van der Waals surface area contributed by atoms with Crippen molar-refractivity contribution in [3.05, 3.63) is 34.9 Å². The normalized spacial score (nSPS) is 12.3. The van der Waals surface area contributed by atoms with E-state index in [1.165, 1.54) is 6.07 Å². The largest absolute Gasteiger partial charge is 0.349 e. The minimum Gasteiger partial charge on any atom is -0.192 e. The zero-order chi connectivity index (χ0) is 12.6. The minimum atomic E-state index is -3.90. The maximum Gasteiger partial charge on any atom is 0.349 e. The van der Waals surface area contributed by atoms with Gasteiger partial charge in [-0.3, -0.25) is 0 Å². The van der Waals surface area contributed by atoms with Gasteiger partial charge < -0.3 is 0 Å². The molecule has 1 aromatic carbocycles. The second-order valence-corrected chi connectivity index (χ2v) is 3.82. The molecule has 0 aromatic heterocycles. The number of hydrogen-bond acceptors (Lipinski definition) is 1. The zero-order valence-electron chi connectivity index (χ0n) is 7.45. The van der Waals surface area contributed by atoms with Crippen LogP contribution in [0.1, 0.15) is 16.7 Å². The Morgan fingerprint density at radius 1 is 1.06 bits per heavy atom. The first-order valence-corrected chi connectivity index (χ1v) is 4.60. The number of nitrogens with zero attached hydrogens (tertiary/aromatic N) is 1. The molecule has 0 aliphatic carbocycles. The third-order valence-corrected chi connectivity index (χ3v) is 2.19. The Kier molecular flexibility index (Phi) is 3.36. The molecule has 1 nitrogen and oxygen atoms in total. The van der Waals surface area contributed by atoms with Gasteiger partial charge in [0.25, 0.3) is 0 Å². The van der Waals surface area contributed by atoms with Crippen LogP contribution in [0.25, 0.3) is 0 Å². The molecule has 0 aliphatic rings. The molecule has 0 spiro atoms. The summed E-state index contributed by atoms with van der Waals surface area (Å²) in [7, 11) is 0. The van der Waals surface area contributed by atoms with Crippen molar-refractivity contribution in [1.29, 1.82) is 5.26 Å². The number of benzene rings is 1. The SMILES string of the molecule is N#Cc1ccc(C(F)(F)Cl)cc1C(F)(F)Cl. The Labute approximate surface area is 98.2 Å². The fourth-order valence-corrected chi connectivity index (χ4v) is 1.33. The number of hydrogen-bond donors (Lipinski definition) is 0. The highest BCUT2D eigenvalue weighted by molar-refractivity contribution is 6.22. The molecule has 0 aliphatic heterocycles. The van der Waals surface area contributed by atoms with Crippen molar-refractivity contribution in [2.24, 2.45) is 0 Å². The summed E-state index contributed by atoms with van der Waals surface area (Å²) >= 11 is 9.36. The van der Waals surface area contributed by atoms with E-state index in [1.54, 1.807) is 0 Å². The van der Waals surface area contributed by atoms with E-state index in [9.17, 15) is 17.6 Å². The second-order valence-electron chi connectivity index (χ2n) is 2.87. The summed E-state index contributed by atoms with van der Waals surface area (Å²) in [6, 6.07) is 3.45. The van der Waals surface area contributed by atoms with Crippen LogP contribution < -0.4 is 0 Å². The molecular formula is C9H3Cl2F4N. The van der Waals surface area contributed by atoms with Crippen LogP contribution in [0.15, 0.2) is 18.2 Å². The highest BCUT2D eigenvalue weighted by Crippen LogP contribution is 2.39. The van der Waals surface area contributed by atoms with E-state index in [1.807, 2.05) is 0 Å². The zero-order valence-corrected chi connectivity index (χ0v) is 8.96. The highest BCUT2D eigenvalue weighted by atomic mass is 35.5. The highest BCUT2D eigenvalue weighted by Gasteiger charge is 2.35. The van der Waals surface area contributed by atoms with E-state index in [4.69, 9.17) is 16.9 Å². The molecule has 0 amide bonds. The van der Waals surface area contributed by atoms with Crippen LogP contribution in [-0.2, 0) is 10.8 Å². The summed E-state index contributed by atoms with van der Waals surface area (Å²) in [4.78, 5) is 0. The average molecular weight is 272 g/mol. The molecule has 0 heterocycles. The van der Waals surface area contributed by atoms with Gasteiger partial charge >= 0.3 is 10.8 Å². The van der Waals surface area contributed by atoms with Crippen molar-refractivity contribution in [2.45, 2.75) is 10.8 Å². The van der Waals surface area contributed by atoms with E-state index >= 15 is 0 Å². The van der Waals surface area contributed by atoms with Crippen LogP contribution in [-0.4, -0.2) is 0 Å². The smallest absolute Gasteiger partial charge is 0.192 e. The Balaban J connectivity index is 3.41. The first-order valence-electron chi connectivity index (χ1n) is 3.85. The number of halogens is 6. The lowest BCUT2D eigenvalue weighted by Crippen LogP contribution is -2.10. The van der Waals surface area contributed by atoms with Gasteiger partial charge in [0.15, 0.2) is 0 Å². The molecule has 0 radical (unpaired) electrons. The topological polar surface area (TPSA) is 23.8 Å². The van der Waals surface area contributed by atoms with Crippen molar-refractivity contribution in [3.63, 3.8) is 0 Å². The van der Waals surface area contributed by atoms with Gasteiger partial charge in [0.2, 0.25) is 0 Å². The first kappa shape index (κ1) is 13.1. The van der Waals surface area contributed by atoms with E-state index in [-0.39, 0.29) is 0 Å². The monoisotopic (exact) mass is 271 g/mol. The van der Waals surface area contributed by atoms with Gasteiger partial charge in [-0.2, -0.15) is 22.8 Å². The van der Waals surface area contributed by atoms with Crippen LogP contribution in [0.4, 0.5) is 17.6 Å². The summed E-state index contributed by atoms with van der Waals surface area (Å²) < 4.78 is 50.9. The lowest BCUT2D eigenvalue weighted by atomic mass is 10.0. The quantitative estimate of drug-likeness (QED) is 0.586. The second kappa shape index (κ2) is 4.11. The molecule has 0 saturated carbocycles. The summed E-state index contributed by atoms with van der Waals surface area (Å²) in [5.41, 5.74) is -2.32. The van der Waals surface area contributed by atoms with Crippen LogP contribution in [0, 0.1) is 11.3 Å². The summed E-state index contributed by atoms with van der Waals surface area (Å²) in [6.45, 7) is 0. The standard InChI is InChI=1S/C9H3Cl2F4N/c10-8(12,13)6-2-1-5(4-16)7(3-6)9(11,14)15/h1-3H. The Hall–Kier alpha value is -0.990. The predicted molar refractivity (Wildman–Crippen MR) is 50.7 cm³/mol. The summed E-state index contributed by atoms with van der Waals surface area (Å²) in [5.74, 6) is 0. The minimum absolute atomic E-state index is 0.415. The number of rotatable bonds is 2. The Bertz CT molecular complexity index is 442. The van der Waals surface area contributed by atoms with Gasteiger partial charge in [0.05, 0.1) is 17.2 Å². The van der Waals surface area contributed by atoms with E-state index in [0.717, 1.165) is 12.1 Å². The molecule has 0 unspecified atom stereocenters. The van der Waals surface area contributed by atoms with Crippen molar-refractivity contribution >= 4 is 23.2 Å². The molecule has 0 N–H and O–H groups in total. The van der Waals surface area contributed by atoms with Gasteiger partial charge in [-0.1, -0.05) is 6.07 Å². The summed E-state index contributed by atoms with van der Waals surface area (Å²) in [5, 5.41) is 0.827. The van der Waals surface area contributed by atoms with Crippen molar-refractivity contribution in [1.82, 2.24) is 0 Å². The lowest BCUT2D eigenvalue weighted by molar-refractivity contribution is 0.0876. The number of nitriles is 1. The molecule has 7 heteroatoms.